The van der Waals surface area contributed by atoms with Crippen molar-refractivity contribution >= 4 is 17.9 Å². The second-order valence-corrected chi connectivity index (χ2v) is 13.5. The Bertz CT molecular complexity index is 1160. The number of ether oxygens (including phenoxy) is 4. The molecule has 11 heteroatoms. The highest BCUT2D eigenvalue weighted by molar-refractivity contribution is 5.78. The van der Waals surface area contributed by atoms with E-state index in [0.717, 1.165) is 37.7 Å². The molecule has 0 spiro atoms. The van der Waals surface area contributed by atoms with Crippen molar-refractivity contribution in [3.05, 3.63) is 35.9 Å². The second kappa shape index (κ2) is 21.7. The summed E-state index contributed by atoms with van der Waals surface area (Å²) in [5.41, 5.74) is 0.453. The first-order valence-corrected chi connectivity index (χ1v) is 17.7. The highest BCUT2D eigenvalue weighted by Crippen LogP contribution is 2.29. The van der Waals surface area contributed by atoms with Crippen LogP contribution in [0.15, 0.2) is 30.4 Å². The van der Waals surface area contributed by atoms with Gasteiger partial charge in [-0.05, 0) is 83.5 Å². The van der Waals surface area contributed by atoms with E-state index in [1.807, 2.05) is 27.0 Å². The van der Waals surface area contributed by atoms with Gasteiger partial charge in [0.2, 0.25) is 11.8 Å². The largest absolute Gasteiger partial charge is 0.493 e. The Morgan fingerprint density at radius 2 is 1.83 bits per heavy atom. The van der Waals surface area contributed by atoms with Crippen LogP contribution >= 0.6 is 0 Å². The normalized spacial score (nSPS) is 16.0. The van der Waals surface area contributed by atoms with Crippen LogP contribution in [0.5, 0.6) is 11.5 Å². The molecule has 0 aromatic heterocycles. The number of carbonyl (C=O) groups is 3. The summed E-state index contributed by atoms with van der Waals surface area (Å²) in [6.07, 6.45) is 9.35. The van der Waals surface area contributed by atoms with Gasteiger partial charge in [0.25, 0.3) is 0 Å². The lowest BCUT2D eigenvalue weighted by atomic mass is 10.1. The van der Waals surface area contributed by atoms with Crippen molar-refractivity contribution in [2.45, 2.75) is 111 Å². The molecule has 2 N–H and O–H groups in total. The zero-order valence-electron chi connectivity index (χ0n) is 30.8. The van der Waals surface area contributed by atoms with Gasteiger partial charge >= 0.3 is 6.09 Å². The Hall–Kier alpha value is -3.15. The predicted octanol–water partition coefficient (Wildman–Crippen LogP) is 5.71. The summed E-state index contributed by atoms with van der Waals surface area (Å²) in [6, 6.07) is 5.00. The zero-order chi connectivity index (χ0) is 35.5. The summed E-state index contributed by atoms with van der Waals surface area (Å²) in [7, 11) is 3.33. The van der Waals surface area contributed by atoms with Crippen LogP contribution in [-0.2, 0) is 25.6 Å². The molecule has 0 radical (unpaired) electrons. The van der Waals surface area contributed by atoms with Crippen LogP contribution < -0.4 is 20.1 Å². The van der Waals surface area contributed by atoms with Gasteiger partial charge in [0.15, 0.2) is 11.5 Å². The minimum absolute atomic E-state index is 0.00100. The van der Waals surface area contributed by atoms with Crippen LogP contribution in [0.25, 0.3) is 0 Å². The zero-order valence-corrected chi connectivity index (χ0v) is 30.8. The number of piperazine rings is 1. The molecule has 1 aliphatic heterocycles. The van der Waals surface area contributed by atoms with Crippen molar-refractivity contribution < 1.29 is 33.3 Å². The Balaban J connectivity index is 1.85. The molecule has 1 aromatic carbocycles. The van der Waals surface area contributed by atoms with Crippen LogP contribution in [0.3, 0.4) is 0 Å². The minimum atomic E-state index is -0.505. The molecular formula is C37H62N4O7. The van der Waals surface area contributed by atoms with Crippen molar-refractivity contribution in [3.8, 4) is 11.5 Å². The molecule has 11 nitrogen and oxygen atoms in total. The molecule has 1 saturated heterocycles. The summed E-state index contributed by atoms with van der Waals surface area (Å²) in [6.45, 7) is 15.4. The molecule has 2 rings (SSSR count). The summed E-state index contributed by atoms with van der Waals surface area (Å²) in [4.78, 5) is 42.2. The summed E-state index contributed by atoms with van der Waals surface area (Å²) >= 11 is 0. The van der Waals surface area contributed by atoms with Crippen LogP contribution in [0.2, 0.25) is 0 Å². The first-order valence-electron chi connectivity index (χ1n) is 17.7. The second-order valence-electron chi connectivity index (χ2n) is 13.5. The number of likely N-dealkylation sites (N-methyl/N-ethyl adjacent to an activating group) is 1. The average molecular weight is 675 g/mol. The van der Waals surface area contributed by atoms with Gasteiger partial charge in [0.1, 0.15) is 0 Å². The van der Waals surface area contributed by atoms with Crippen LogP contribution in [-0.4, -0.2) is 99.0 Å². The molecule has 0 bridgehead atoms. The Kier molecular flexibility index (Phi) is 18.6. The van der Waals surface area contributed by atoms with E-state index in [2.05, 4.69) is 50.5 Å². The number of benzene rings is 1. The lowest BCUT2D eigenvalue weighted by Crippen LogP contribution is -2.59. The number of carbonyl (C=O) groups excluding carboxylic acids is 3. The molecule has 48 heavy (non-hydrogen) atoms. The molecule has 1 heterocycles. The van der Waals surface area contributed by atoms with Crippen molar-refractivity contribution in [1.82, 2.24) is 20.4 Å². The first kappa shape index (κ1) is 41.0. The monoisotopic (exact) mass is 674 g/mol. The molecule has 1 aromatic rings. The topological polar surface area (TPSA) is 119 Å². The summed E-state index contributed by atoms with van der Waals surface area (Å²) in [5.74, 6) is 1.25. The molecule has 0 aliphatic carbocycles. The van der Waals surface area contributed by atoms with Crippen LogP contribution in [0.1, 0.15) is 92.1 Å². The average Bonchev–Trinajstić information content (AvgIpc) is 3.05. The van der Waals surface area contributed by atoms with E-state index in [1.54, 1.807) is 21.9 Å². The maximum atomic E-state index is 13.4. The van der Waals surface area contributed by atoms with Crippen LogP contribution in [0, 0.1) is 5.92 Å². The fraction of sp³-hybridized carbons (Fsp3) is 0.703. The highest BCUT2D eigenvalue weighted by atomic mass is 16.6. The first-order chi connectivity index (χ1) is 22.9. The maximum absolute atomic E-state index is 13.4. The van der Waals surface area contributed by atoms with Crippen LogP contribution in [0.4, 0.5) is 4.79 Å². The van der Waals surface area contributed by atoms with E-state index in [-0.39, 0.29) is 36.0 Å². The number of hydrogen-bond donors (Lipinski definition) is 2. The number of methoxy groups -OCH3 is 1. The number of unbranched alkanes of at least 4 members (excludes halogenated alkanes) is 2. The molecule has 2 unspecified atom stereocenters. The molecule has 3 amide bonds. The molecular weight excluding hydrogens is 612 g/mol. The fourth-order valence-electron chi connectivity index (χ4n) is 5.27. The Morgan fingerprint density at radius 3 is 2.52 bits per heavy atom. The molecule has 0 saturated carbocycles. The fourth-order valence-corrected chi connectivity index (χ4v) is 5.27. The number of rotatable bonds is 21. The van der Waals surface area contributed by atoms with Gasteiger partial charge in [-0.1, -0.05) is 39.0 Å². The van der Waals surface area contributed by atoms with E-state index in [1.165, 1.54) is 7.11 Å². The van der Waals surface area contributed by atoms with E-state index in [0.29, 0.717) is 69.8 Å². The third-order valence-corrected chi connectivity index (χ3v) is 8.46. The standard InChI is InChI=1S/C37H62N4O7/c1-9-29(4)46-23-19-37(5,6)47-22-18-35(43)40-20-21-41(31(27-40)26-38-7)36(44)48-32-17-16-30(24-33(32)45-8)25-39-34(42)15-13-11-10-12-14-28(2)3/h12,14,16-17,24,28-29,31,38H,9-11,13,15,18-23,25-27H2,1-8H3,(H,39,42)/b14-12+. The van der Waals surface area contributed by atoms with Gasteiger partial charge in [-0.2, -0.15) is 0 Å². The number of nitrogens with one attached hydrogen (secondary N) is 2. The SMILES string of the molecule is CCC(C)OCCC(C)(C)OCCC(=O)N1CCN(C(=O)Oc2ccc(CNC(=O)CCCC/C=C/C(C)C)cc2OC)C(CNC)C1. The van der Waals surface area contributed by atoms with Gasteiger partial charge < -0.3 is 39.4 Å². The predicted molar refractivity (Wildman–Crippen MR) is 189 cm³/mol. The molecule has 2 atom stereocenters. The van der Waals surface area contributed by atoms with Crippen molar-refractivity contribution in [1.29, 1.82) is 0 Å². The lowest BCUT2D eigenvalue weighted by Gasteiger charge is -2.40. The Morgan fingerprint density at radius 1 is 1.06 bits per heavy atom. The number of nitrogens with zero attached hydrogens (tertiary/aromatic N) is 2. The molecule has 272 valence electrons. The van der Waals surface area contributed by atoms with E-state index in [9.17, 15) is 14.4 Å². The highest BCUT2D eigenvalue weighted by Gasteiger charge is 2.34. The van der Waals surface area contributed by atoms with Gasteiger partial charge in [0.05, 0.1) is 37.9 Å². The summed E-state index contributed by atoms with van der Waals surface area (Å²) in [5, 5.41) is 6.09. The summed E-state index contributed by atoms with van der Waals surface area (Å²) < 4.78 is 23.1. The quantitative estimate of drug-likeness (QED) is 0.126. The number of hydrogen-bond acceptors (Lipinski definition) is 8. The number of amides is 3. The van der Waals surface area contributed by atoms with Crippen molar-refractivity contribution in [2.24, 2.45) is 5.92 Å². The lowest BCUT2D eigenvalue weighted by molar-refractivity contribution is -0.136. The molecule has 1 aliphatic rings. The minimum Gasteiger partial charge on any atom is -0.493 e. The van der Waals surface area contributed by atoms with E-state index in [4.69, 9.17) is 18.9 Å². The third kappa shape index (κ3) is 15.4. The van der Waals surface area contributed by atoms with E-state index < -0.39 is 6.09 Å². The van der Waals surface area contributed by atoms with Gasteiger partial charge in [-0.15, -0.1) is 0 Å². The van der Waals surface area contributed by atoms with Gasteiger partial charge in [0, 0.05) is 45.8 Å². The van der Waals surface area contributed by atoms with Gasteiger partial charge in [-0.3, -0.25) is 9.59 Å². The third-order valence-electron chi connectivity index (χ3n) is 8.46. The van der Waals surface area contributed by atoms with Gasteiger partial charge in [-0.25, -0.2) is 4.79 Å². The van der Waals surface area contributed by atoms with Crippen molar-refractivity contribution in [3.63, 3.8) is 0 Å². The molecule has 1 fully saturated rings. The Labute approximate surface area is 289 Å². The van der Waals surface area contributed by atoms with Crippen molar-refractivity contribution in [2.75, 3.05) is 53.6 Å². The maximum Gasteiger partial charge on any atom is 0.415 e. The van der Waals surface area contributed by atoms with E-state index >= 15 is 0 Å². The smallest absolute Gasteiger partial charge is 0.415 e. The number of allylic oxidation sites excluding steroid dienone is 2.